The van der Waals surface area contributed by atoms with Gasteiger partial charge in [-0.15, -0.1) is 0 Å². The zero-order valence-electron chi connectivity index (χ0n) is 29.4. The van der Waals surface area contributed by atoms with Crippen molar-refractivity contribution in [3.05, 3.63) is 60.2 Å². The molecule has 2 aliphatic heterocycles. The third-order valence-electron chi connectivity index (χ3n) is 10.1. The molecule has 2 aromatic rings. The van der Waals surface area contributed by atoms with Crippen molar-refractivity contribution in [3.8, 4) is 0 Å². The predicted octanol–water partition coefficient (Wildman–Crippen LogP) is 6.81. The molecule has 58 heavy (non-hydrogen) atoms. The molecule has 4 atom stereocenters. The number of carbonyl (C=O) groups is 3. The lowest BCUT2D eigenvalue weighted by molar-refractivity contribution is -0.461. The number of methoxy groups -OCH3 is 2. The Bertz CT molecular complexity index is 1790. The fourth-order valence-corrected chi connectivity index (χ4v) is 7.28. The van der Waals surface area contributed by atoms with Crippen molar-refractivity contribution < 1.29 is 98.5 Å². The zero-order valence-corrected chi connectivity index (χ0v) is 29.4. The maximum absolute atomic E-state index is 15.2. The molecule has 2 aromatic heterocycles. The fourth-order valence-electron chi connectivity index (χ4n) is 7.28. The molecule has 324 valence electrons. The minimum absolute atomic E-state index is 0.169. The van der Waals surface area contributed by atoms with Gasteiger partial charge in [0.15, 0.2) is 16.6 Å². The first-order valence-electron chi connectivity index (χ1n) is 16.0. The molecular formula is C32H27F17N4O5. The molecular weight excluding hydrogens is 843 g/mol. The van der Waals surface area contributed by atoms with E-state index in [9.17, 15) is 80.2 Å². The van der Waals surface area contributed by atoms with E-state index in [2.05, 4.69) is 9.97 Å². The number of hydrogen-bond donors (Lipinski definition) is 0. The molecule has 0 aliphatic carbocycles. The normalized spacial score (nSPS) is 24.7. The molecule has 0 saturated carbocycles. The number of pyridine rings is 2. The second-order valence-corrected chi connectivity index (χ2v) is 13.3. The SMILES string of the molecule is COC(=O)C12CN(CCC(F)(F)C(F)(F)C(F)(F)C(F)(F)C(F)(F)C(F)(F)C(F)(F)C(F)(F)F)CC(C(=O)OC)(C1=O)C(c1ccccn1)N(C)C2c1ccccn1. The maximum atomic E-state index is 15.2. The molecule has 0 aromatic carbocycles. The number of ketones is 1. The van der Waals surface area contributed by atoms with Crippen LogP contribution in [0.1, 0.15) is 29.9 Å². The predicted molar refractivity (Wildman–Crippen MR) is 157 cm³/mol. The molecule has 0 spiro atoms. The fraction of sp³-hybridized carbons (Fsp3) is 0.594. The van der Waals surface area contributed by atoms with Crippen molar-refractivity contribution in [1.82, 2.24) is 19.8 Å². The summed E-state index contributed by atoms with van der Waals surface area (Å²) < 4.78 is 247. The Morgan fingerprint density at radius 1 is 0.638 bits per heavy atom. The van der Waals surface area contributed by atoms with E-state index in [-0.39, 0.29) is 11.4 Å². The van der Waals surface area contributed by atoms with Gasteiger partial charge in [-0.3, -0.25) is 34.2 Å². The molecule has 2 bridgehead atoms. The van der Waals surface area contributed by atoms with Gasteiger partial charge in [0.25, 0.3) is 0 Å². The van der Waals surface area contributed by atoms with E-state index >= 15 is 8.78 Å². The topological polar surface area (TPSA) is 102 Å². The first-order valence-corrected chi connectivity index (χ1v) is 16.0. The first-order chi connectivity index (χ1) is 26.3. The van der Waals surface area contributed by atoms with Crippen LogP contribution in [0.3, 0.4) is 0 Å². The van der Waals surface area contributed by atoms with Crippen LogP contribution >= 0.6 is 0 Å². The molecule has 26 heteroatoms. The molecule has 4 unspecified atom stereocenters. The molecule has 0 radical (unpaired) electrons. The number of hydrogen-bond acceptors (Lipinski definition) is 9. The summed E-state index contributed by atoms with van der Waals surface area (Å²) in [7, 11) is 2.67. The van der Waals surface area contributed by atoms with Crippen molar-refractivity contribution in [3.63, 3.8) is 0 Å². The van der Waals surface area contributed by atoms with Crippen LogP contribution in [0.25, 0.3) is 0 Å². The highest BCUT2D eigenvalue weighted by Crippen LogP contribution is 2.65. The van der Waals surface area contributed by atoms with Crippen LogP contribution in [-0.2, 0) is 23.9 Å². The van der Waals surface area contributed by atoms with Gasteiger partial charge in [0.1, 0.15) is 0 Å². The number of piperidine rings is 2. The summed E-state index contributed by atoms with van der Waals surface area (Å²) in [4.78, 5) is 52.2. The van der Waals surface area contributed by atoms with E-state index in [1.165, 1.54) is 48.3 Å². The van der Waals surface area contributed by atoms with Gasteiger partial charge in [0.2, 0.25) is 0 Å². The van der Waals surface area contributed by atoms with Gasteiger partial charge in [0, 0.05) is 38.4 Å². The van der Waals surface area contributed by atoms with Gasteiger partial charge in [0.05, 0.1) is 37.7 Å². The Kier molecular flexibility index (Phi) is 11.5. The number of nitrogens with zero attached hydrogens (tertiary/aromatic N) is 4. The summed E-state index contributed by atoms with van der Waals surface area (Å²) >= 11 is 0. The van der Waals surface area contributed by atoms with E-state index in [0.717, 1.165) is 12.4 Å². The molecule has 2 aliphatic rings. The molecule has 9 nitrogen and oxygen atoms in total. The summed E-state index contributed by atoms with van der Waals surface area (Å²) in [5, 5.41) is 0. The van der Waals surface area contributed by atoms with Crippen molar-refractivity contribution >= 4 is 17.7 Å². The standard InChI is InChI=1S/C32H27F17N4O5/c1-52-18(16-8-4-6-11-50-16)23(21(55)57-2)14-53(15-24(20(23)54,22(56)58-3)19(52)17-9-5-7-12-51-17)13-10-25(33,34)26(35,36)27(37,38)28(39,40)29(41,42)30(43,44)31(45,46)32(47,48)49/h4-9,11-12,18-19H,10,13-15H2,1-3H3. The van der Waals surface area contributed by atoms with Crippen LogP contribution in [0.5, 0.6) is 0 Å². The number of ether oxygens (including phenoxy) is 2. The Balaban J connectivity index is 1.86. The van der Waals surface area contributed by atoms with Crippen LogP contribution in [0.4, 0.5) is 74.6 Å². The van der Waals surface area contributed by atoms with Gasteiger partial charge < -0.3 is 9.47 Å². The lowest BCUT2D eigenvalue weighted by Gasteiger charge is -2.60. The Labute approximate surface area is 314 Å². The minimum Gasteiger partial charge on any atom is -0.468 e. The molecule has 2 saturated heterocycles. The maximum Gasteiger partial charge on any atom is 0.460 e. The number of alkyl halides is 17. The molecule has 4 rings (SSSR count). The lowest BCUT2D eigenvalue weighted by atomic mass is 9.54. The molecule has 0 amide bonds. The van der Waals surface area contributed by atoms with Crippen LogP contribution < -0.4 is 0 Å². The number of aromatic nitrogens is 2. The highest BCUT2D eigenvalue weighted by Gasteiger charge is 2.95. The van der Waals surface area contributed by atoms with E-state index in [4.69, 9.17) is 9.47 Å². The highest BCUT2D eigenvalue weighted by atomic mass is 19.4. The average Bonchev–Trinajstić information content (AvgIpc) is 3.14. The van der Waals surface area contributed by atoms with E-state index in [1.807, 2.05) is 0 Å². The number of likely N-dealkylation sites (tertiary alicyclic amines) is 2. The van der Waals surface area contributed by atoms with Gasteiger partial charge in [-0.2, -0.15) is 74.6 Å². The monoisotopic (exact) mass is 870 g/mol. The van der Waals surface area contributed by atoms with Gasteiger partial charge in [-0.25, -0.2) is 0 Å². The minimum atomic E-state index is -8.81. The van der Waals surface area contributed by atoms with E-state index in [0.29, 0.717) is 19.1 Å². The van der Waals surface area contributed by atoms with Gasteiger partial charge in [-0.1, -0.05) is 12.1 Å². The second-order valence-electron chi connectivity index (χ2n) is 13.3. The Morgan fingerprint density at radius 3 is 1.33 bits per heavy atom. The van der Waals surface area contributed by atoms with E-state index < -0.39 is 114 Å². The Hall–Kier alpha value is -4.36. The van der Waals surface area contributed by atoms with Crippen molar-refractivity contribution in [2.75, 3.05) is 40.9 Å². The number of Topliss-reactive ketones (excluding diaryl/α,β-unsaturated/α-hetero) is 1. The van der Waals surface area contributed by atoms with Crippen LogP contribution in [-0.4, -0.2) is 126 Å². The first kappa shape index (κ1) is 46.3. The summed E-state index contributed by atoms with van der Waals surface area (Å²) in [6.45, 7) is -4.41. The quantitative estimate of drug-likeness (QED) is 0.122. The van der Waals surface area contributed by atoms with E-state index in [1.54, 1.807) is 0 Å². The lowest BCUT2D eigenvalue weighted by Crippen LogP contribution is -2.76. The summed E-state index contributed by atoms with van der Waals surface area (Å²) in [6, 6.07) is 4.47. The van der Waals surface area contributed by atoms with Crippen LogP contribution in [0.15, 0.2) is 48.8 Å². The van der Waals surface area contributed by atoms with Gasteiger partial charge in [-0.05, 0) is 31.3 Å². The number of esters is 2. The number of carbonyl (C=O) groups excluding carboxylic acids is 3. The smallest absolute Gasteiger partial charge is 0.460 e. The van der Waals surface area contributed by atoms with Crippen LogP contribution in [0.2, 0.25) is 0 Å². The van der Waals surface area contributed by atoms with Crippen molar-refractivity contribution in [1.29, 1.82) is 0 Å². The summed E-state index contributed by atoms with van der Waals surface area (Å²) in [5.41, 5.74) is -6.00. The number of fused-ring (bicyclic) bond motifs is 2. The molecule has 4 heterocycles. The van der Waals surface area contributed by atoms with Gasteiger partial charge >= 0.3 is 59.6 Å². The average molecular weight is 871 g/mol. The van der Waals surface area contributed by atoms with Crippen LogP contribution in [0, 0.1) is 10.8 Å². The second kappa shape index (κ2) is 14.4. The zero-order chi connectivity index (χ0) is 44.5. The van der Waals surface area contributed by atoms with Crippen molar-refractivity contribution in [2.24, 2.45) is 10.8 Å². The number of halogens is 17. The third-order valence-corrected chi connectivity index (χ3v) is 10.1. The van der Waals surface area contributed by atoms with Crippen molar-refractivity contribution in [2.45, 2.75) is 66.1 Å². The molecule has 0 N–H and O–H groups in total. The largest absolute Gasteiger partial charge is 0.468 e. The molecule has 2 fully saturated rings. The Morgan fingerprint density at radius 2 is 1.00 bits per heavy atom. The third kappa shape index (κ3) is 6.16. The summed E-state index contributed by atoms with van der Waals surface area (Å²) in [5.74, 6) is -62.3. The highest BCUT2D eigenvalue weighted by molar-refractivity contribution is 6.17. The number of rotatable bonds is 13. The summed E-state index contributed by atoms with van der Waals surface area (Å²) in [6.07, 6.45) is -8.51.